The summed E-state index contributed by atoms with van der Waals surface area (Å²) in [6, 6.07) is 14.5. The van der Waals surface area contributed by atoms with E-state index in [1.165, 1.54) is 28.4 Å². The first-order chi connectivity index (χ1) is 66.6. The van der Waals surface area contributed by atoms with Gasteiger partial charge in [-0.05, 0) is 147 Å². The van der Waals surface area contributed by atoms with Crippen molar-refractivity contribution in [3.63, 3.8) is 0 Å². The molecule has 13 rings (SSSR count). The van der Waals surface area contributed by atoms with Crippen LogP contribution in [-0.4, -0.2) is 108 Å². The molecule has 8 fully saturated rings. The lowest BCUT2D eigenvalue weighted by atomic mass is 9.70. The van der Waals surface area contributed by atoms with Gasteiger partial charge in [0.05, 0.1) is 73.1 Å². The van der Waals surface area contributed by atoms with Crippen molar-refractivity contribution in [3.8, 4) is 46.0 Å². The molecule has 9 aliphatic rings. The van der Waals surface area contributed by atoms with Gasteiger partial charge in [0.15, 0.2) is 0 Å². The van der Waals surface area contributed by atoms with E-state index in [1.54, 1.807) is 24.3 Å². The summed E-state index contributed by atoms with van der Waals surface area (Å²) in [5, 5.41) is 0. The molecule has 0 N–H and O–H groups in total. The van der Waals surface area contributed by atoms with Gasteiger partial charge in [-0.2, -0.15) is 33.7 Å². The van der Waals surface area contributed by atoms with Crippen molar-refractivity contribution in [1.82, 2.24) is 0 Å². The fraction of sp³-hybridized carbons (Fsp3) is 0.759. The Kier molecular flexibility index (Phi) is 37.1. The summed E-state index contributed by atoms with van der Waals surface area (Å²) >= 11 is 0. The Balaban J connectivity index is 1.15. The van der Waals surface area contributed by atoms with E-state index >= 15 is 33.7 Å². The molecule has 4 aromatic carbocycles. The van der Waals surface area contributed by atoms with Crippen LogP contribution in [0.3, 0.4) is 0 Å². The predicted octanol–water partition coefficient (Wildman–Crippen LogP) is 28.7. The molecule has 12 atom stereocenters. The lowest BCUT2D eigenvalue weighted by molar-refractivity contribution is -0.128. The van der Waals surface area contributed by atoms with Gasteiger partial charge in [-0.3, -0.25) is 19.2 Å². The highest BCUT2D eigenvalue weighted by molar-refractivity contribution is 7.88. The number of ether oxygens (including phenoxy) is 4. The Labute approximate surface area is 844 Å². The lowest BCUT2D eigenvalue weighted by Crippen LogP contribution is -2.43. The Hall–Kier alpha value is -6.24. The SMILES string of the molecule is CCCCCCCCCCCC1c2cc(c(OS(=O)(=O)CC34CCC(CC3=O)C4(C)C)cc2OC)C(CCCCCCCCCCC)c2cc(c(OS(=O)(=O)CC34CCC(CC3=O)C4(C)C)cc2OC)C(CCCCCCCCCCC)c2cc(c(OS(=O)(=O)CC34CCC(CC3=O)C4(C)C)cc2OC)C(CCCCCCCCCCC)c2cc1c(OS(=O)(=O)CC13CCC(CC1=O)C3(C)C)cc2OC. The van der Waals surface area contributed by atoms with Gasteiger partial charge in [0.25, 0.3) is 0 Å². The van der Waals surface area contributed by atoms with Gasteiger partial charge >= 0.3 is 40.5 Å². The minimum atomic E-state index is -4.78. The molecular weight excluding hydrogens is 1840 g/mol. The second-order valence-corrected chi connectivity index (χ2v) is 53.3. The van der Waals surface area contributed by atoms with E-state index in [9.17, 15) is 19.2 Å². The summed E-state index contributed by atoms with van der Waals surface area (Å²) in [7, 11) is -13.0. The molecule has 140 heavy (non-hydrogen) atoms. The number of unbranched alkanes of at least 4 members (excludes halogenated alkanes) is 32. The number of ketones is 4. The summed E-state index contributed by atoms with van der Waals surface area (Å²) in [5.41, 5.74) is -4.17. The van der Waals surface area contributed by atoms with Crippen LogP contribution >= 0.6 is 0 Å². The fourth-order valence-corrected chi connectivity index (χ4v) is 35.4. The molecule has 24 heteroatoms. The third-order valence-electron chi connectivity index (χ3n) is 38.0. The molecule has 0 saturated heterocycles. The molecule has 16 bridgehead atoms. The van der Waals surface area contributed by atoms with Gasteiger partial charge in [-0.1, -0.05) is 314 Å². The lowest BCUT2D eigenvalue weighted by Gasteiger charge is -2.36. The van der Waals surface area contributed by atoms with Crippen LogP contribution < -0.4 is 35.7 Å². The third kappa shape index (κ3) is 23.5. The molecule has 0 aromatic heterocycles. The molecule has 0 spiro atoms. The highest BCUT2D eigenvalue weighted by Gasteiger charge is 2.70. The van der Waals surface area contributed by atoms with Crippen LogP contribution in [0.1, 0.15) is 485 Å². The number of hydrogen-bond acceptors (Lipinski definition) is 20. The first-order valence-electron chi connectivity index (χ1n) is 55.3. The zero-order valence-electron chi connectivity index (χ0n) is 88.6. The van der Waals surface area contributed by atoms with Gasteiger partial charge in [-0.15, -0.1) is 0 Å². The van der Waals surface area contributed by atoms with Crippen molar-refractivity contribution in [2.24, 2.45) is 67.0 Å². The largest absolute Gasteiger partial charge is 0.496 e. The maximum Gasteiger partial charge on any atom is 0.310 e. The van der Waals surface area contributed by atoms with Crippen molar-refractivity contribution >= 4 is 63.6 Å². The van der Waals surface area contributed by atoms with Gasteiger partial charge in [0.2, 0.25) is 0 Å². The number of hydrogen-bond donors (Lipinski definition) is 0. The van der Waals surface area contributed by atoms with Crippen LogP contribution in [0.25, 0.3) is 0 Å². The van der Waals surface area contributed by atoms with Crippen molar-refractivity contribution in [1.29, 1.82) is 0 Å². The van der Waals surface area contributed by atoms with Crippen LogP contribution in [0, 0.1) is 67.0 Å². The van der Waals surface area contributed by atoms with E-state index in [2.05, 4.69) is 27.7 Å². The minimum absolute atomic E-state index is 0.0289. The standard InChI is InChI=1S/C116H176O20S4/c1-17-21-25-29-33-37-41-45-49-53-85-89-69-94(102(73-97(89)129-13)134-138(123,124)78-114-62-58-82(66-106(114)118)110(114,7)8)87(55-51-47-43-39-35-31-27-23-19-3)91-71-96(104(75-99(91)131-15)136-140(127,128)80-116-64-60-84(68-108(116)120)112(116,11)12)88(56-52-48-44-40-36-32-28-24-20-4)92-72-95(103(76-100(92)132-16)135-139(125,126)79-115-63-59-83(67-107(115)119)111(115,9)10)86(54-50-46-42-38-34-30-26-22-18-2)90-70-93(85)101(74-98(90)130-14)133-137(121,122)77-113-61-57-81(65-105(113)117)109(113,5)6/h69-76,81-88H,17-68,77-80H2,1-16H3. The number of benzene rings is 4. The zero-order chi connectivity index (χ0) is 101. The van der Waals surface area contributed by atoms with Crippen molar-refractivity contribution in [3.05, 3.63) is 93.0 Å². The summed E-state index contributed by atoms with van der Waals surface area (Å²) in [4.78, 5) is 59.0. The maximum absolute atomic E-state index is 16.2. The van der Waals surface area contributed by atoms with Crippen molar-refractivity contribution in [2.45, 2.75) is 441 Å². The van der Waals surface area contributed by atoms with E-state index < -0.39 is 130 Å². The Bertz CT molecular complexity index is 4770. The zero-order valence-corrected chi connectivity index (χ0v) is 91.9. The number of fused-ring (bicyclic) bond motifs is 16. The van der Waals surface area contributed by atoms with E-state index in [1.807, 2.05) is 79.7 Å². The fourth-order valence-electron chi connectivity index (χ4n) is 28.4. The van der Waals surface area contributed by atoms with Gasteiger partial charge in [0.1, 0.15) is 69.1 Å². The number of rotatable bonds is 60. The molecular formula is C116H176O20S4. The molecule has 4 aromatic rings. The summed E-state index contributed by atoms with van der Waals surface area (Å²) in [6.07, 6.45) is 41.4. The van der Waals surface area contributed by atoms with Crippen LogP contribution in [-0.2, 0) is 59.7 Å². The Morgan fingerprint density at radius 1 is 0.236 bits per heavy atom. The van der Waals surface area contributed by atoms with E-state index in [0.717, 1.165) is 205 Å². The molecule has 12 unspecified atom stereocenters. The maximum atomic E-state index is 16.2. The highest BCUT2D eigenvalue weighted by atomic mass is 32.2. The second-order valence-electron chi connectivity index (χ2n) is 47.0. The second kappa shape index (κ2) is 46.9. The minimum Gasteiger partial charge on any atom is -0.496 e. The van der Waals surface area contributed by atoms with Crippen molar-refractivity contribution < 1.29 is 88.5 Å². The topological polar surface area (TPSA) is 279 Å². The van der Waals surface area contributed by atoms with Crippen molar-refractivity contribution in [2.75, 3.05) is 51.5 Å². The Morgan fingerprint density at radius 2 is 0.393 bits per heavy atom. The number of carbonyl (C=O) groups is 4. The Morgan fingerprint density at radius 3 is 0.536 bits per heavy atom. The molecule has 8 saturated carbocycles. The molecule has 0 amide bonds. The van der Waals surface area contributed by atoms with Crippen LogP contribution in [0.5, 0.6) is 46.0 Å². The smallest absolute Gasteiger partial charge is 0.310 e. The number of carbonyl (C=O) groups excluding carboxylic acids is 4. The van der Waals surface area contributed by atoms with Crippen LogP contribution in [0.15, 0.2) is 48.5 Å². The summed E-state index contributed by atoms with van der Waals surface area (Å²) in [5.74, 6) is -6.08. The van der Waals surface area contributed by atoms with E-state index in [-0.39, 0.29) is 118 Å². The van der Waals surface area contributed by atoms with Crippen LogP contribution in [0.2, 0.25) is 0 Å². The molecule has 20 nitrogen and oxygen atoms in total. The quantitative estimate of drug-likeness (QED) is 0.0293. The monoisotopic (exact) mass is 2020 g/mol. The highest BCUT2D eigenvalue weighted by Crippen LogP contribution is 2.69. The molecule has 9 aliphatic carbocycles. The molecule has 0 radical (unpaired) electrons. The number of methoxy groups -OCH3 is 4. The van der Waals surface area contributed by atoms with Gasteiger partial charge in [-0.25, -0.2) is 0 Å². The van der Waals surface area contributed by atoms with E-state index in [0.29, 0.717) is 147 Å². The predicted molar refractivity (Wildman–Crippen MR) is 559 cm³/mol. The normalized spacial score (nSPS) is 26.1. The van der Waals surface area contributed by atoms with Crippen LogP contribution in [0.4, 0.5) is 0 Å². The molecule has 0 aliphatic heterocycles. The number of Topliss-reactive ketones (excluding diaryl/α,β-unsaturated/α-hetero) is 4. The summed E-state index contributed by atoms with van der Waals surface area (Å²) in [6.45, 7) is 24.9. The molecule has 784 valence electrons. The average molecular weight is 2020 g/mol. The van der Waals surface area contributed by atoms with Gasteiger partial charge < -0.3 is 35.7 Å². The molecule has 0 heterocycles. The first kappa shape index (κ1) is 111. The third-order valence-corrected chi connectivity index (χ3v) is 43.1. The summed E-state index contributed by atoms with van der Waals surface area (Å²) < 4.78 is 185. The van der Waals surface area contributed by atoms with E-state index in [4.69, 9.17) is 35.7 Å². The average Bonchev–Trinajstić information content (AvgIpc) is 1.56. The van der Waals surface area contributed by atoms with Gasteiger partial charge in [0, 0.05) is 118 Å². The first-order valence-corrected chi connectivity index (χ1v) is 61.6.